The standard InChI is InChI=1S/C25H20FN3O4/c26-21-15-17(6-12-22(21)33-20-3-2-14-27-16-20)7-13-23(30)28-18-8-10-19(11-9-18)29-24(31)4-1-5-25(29)32/h2-3,6-16H,1,4-5H2,(H,28,30)/b13-7+. The van der Waals surface area contributed by atoms with Gasteiger partial charge in [-0.05, 0) is 66.6 Å². The number of amides is 3. The van der Waals surface area contributed by atoms with E-state index in [-0.39, 0.29) is 17.6 Å². The van der Waals surface area contributed by atoms with Gasteiger partial charge in [0.2, 0.25) is 17.7 Å². The second-order valence-electron chi connectivity index (χ2n) is 7.33. The molecule has 0 bridgehead atoms. The fourth-order valence-corrected chi connectivity index (χ4v) is 3.33. The number of imide groups is 1. The summed E-state index contributed by atoms with van der Waals surface area (Å²) in [7, 11) is 0. The van der Waals surface area contributed by atoms with Gasteiger partial charge in [-0.3, -0.25) is 24.3 Å². The number of hydrogen-bond acceptors (Lipinski definition) is 5. The van der Waals surface area contributed by atoms with Gasteiger partial charge in [0.1, 0.15) is 5.75 Å². The molecule has 1 N–H and O–H groups in total. The van der Waals surface area contributed by atoms with Gasteiger partial charge >= 0.3 is 0 Å². The molecular formula is C25H20FN3O4. The van der Waals surface area contributed by atoms with E-state index in [1.54, 1.807) is 48.7 Å². The molecule has 0 unspecified atom stereocenters. The van der Waals surface area contributed by atoms with Gasteiger partial charge in [0.25, 0.3) is 0 Å². The summed E-state index contributed by atoms with van der Waals surface area (Å²) in [5.41, 5.74) is 1.46. The van der Waals surface area contributed by atoms with Crippen LogP contribution in [0.3, 0.4) is 0 Å². The lowest BCUT2D eigenvalue weighted by molar-refractivity contribution is -0.129. The van der Waals surface area contributed by atoms with Crippen LogP contribution >= 0.6 is 0 Å². The third-order valence-electron chi connectivity index (χ3n) is 4.92. The number of aromatic nitrogens is 1. The van der Waals surface area contributed by atoms with E-state index < -0.39 is 11.7 Å². The number of piperidine rings is 1. The van der Waals surface area contributed by atoms with Crippen molar-refractivity contribution in [3.05, 3.63) is 84.4 Å². The number of nitrogens with zero attached hydrogens (tertiary/aromatic N) is 2. The van der Waals surface area contributed by atoms with Gasteiger partial charge in [-0.1, -0.05) is 6.07 Å². The second-order valence-corrected chi connectivity index (χ2v) is 7.33. The number of carbonyl (C=O) groups excluding carboxylic acids is 3. The van der Waals surface area contributed by atoms with Crippen molar-refractivity contribution in [3.63, 3.8) is 0 Å². The van der Waals surface area contributed by atoms with Crippen molar-refractivity contribution in [3.8, 4) is 11.5 Å². The largest absolute Gasteiger partial charge is 0.453 e. The molecule has 0 radical (unpaired) electrons. The van der Waals surface area contributed by atoms with Gasteiger partial charge in [-0.15, -0.1) is 0 Å². The minimum atomic E-state index is -0.571. The van der Waals surface area contributed by atoms with Crippen molar-refractivity contribution < 1.29 is 23.5 Å². The number of rotatable bonds is 6. The number of halogens is 1. The van der Waals surface area contributed by atoms with E-state index >= 15 is 0 Å². The van der Waals surface area contributed by atoms with Crippen LogP contribution in [0.25, 0.3) is 6.08 Å². The van der Waals surface area contributed by atoms with Crippen molar-refractivity contribution in [2.24, 2.45) is 0 Å². The van der Waals surface area contributed by atoms with Gasteiger partial charge in [0.05, 0.1) is 11.9 Å². The normalized spacial score (nSPS) is 13.9. The average Bonchev–Trinajstić information content (AvgIpc) is 2.81. The Labute approximate surface area is 189 Å². The lowest BCUT2D eigenvalue weighted by Gasteiger charge is -2.24. The van der Waals surface area contributed by atoms with Crippen LogP contribution in [0, 0.1) is 5.82 Å². The van der Waals surface area contributed by atoms with Crippen molar-refractivity contribution >= 4 is 35.2 Å². The van der Waals surface area contributed by atoms with Crippen molar-refractivity contribution in [1.82, 2.24) is 4.98 Å². The summed E-state index contributed by atoms with van der Waals surface area (Å²) in [5.74, 6) is -0.970. The molecule has 0 spiro atoms. The van der Waals surface area contributed by atoms with E-state index in [1.165, 1.54) is 35.4 Å². The molecule has 7 nitrogen and oxygen atoms in total. The van der Waals surface area contributed by atoms with Crippen LogP contribution in [0.5, 0.6) is 11.5 Å². The van der Waals surface area contributed by atoms with Crippen LogP contribution in [-0.4, -0.2) is 22.7 Å². The van der Waals surface area contributed by atoms with E-state index in [0.29, 0.717) is 42.0 Å². The molecule has 3 aromatic rings. The Bertz CT molecular complexity index is 1190. The Hall–Kier alpha value is -4.33. The van der Waals surface area contributed by atoms with E-state index in [1.807, 2.05) is 0 Å². The minimum Gasteiger partial charge on any atom is -0.453 e. The van der Waals surface area contributed by atoms with E-state index in [2.05, 4.69) is 10.3 Å². The first-order chi connectivity index (χ1) is 16.0. The predicted octanol–water partition coefficient (Wildman–Crippen LogP) is 4.71. The Morgan fingerprint density at radius 2 is 1.82 bits per heavy atom. The highest BCUT2D eigenvalue weighted by Crippen LogP contribution is 2.25. The first kappa shape index (κ1) is 21.9. The monoisotopic (exact) mass is 445 g/mol. The molecule has 0 aliphatic carbocycles. The summed E-state index contributed by atoms with van der Waals surface area (Å²) in [6.07, 6.45) is 7.07. The van der Waals surface area contributed by atoms with Crippen LogP contribution in [0.1, 0.15) is 24.8 Å². The van der Waals surface area contributed by atoms with E-state index in [4.69, 9.17) is 4.74 Å². The van der Waals surface area contributed by atoms with Crippen LogP contribution in [-0.2, 0) is 14.4 Å². The number of nitrogens with one attached hydrogen (secondary N) is 1. The molecule has 0 saturated carbocycles. The Morgan fingerprint density at radius 3 is 2.48 bits per heavy atom. The summed E-state index contributed by atoms with van der Waals surface area (Å²) >= 11 is 0. The van der Waals surface area contributed by atoms with E-state index in [0.717, 1.165) is 0 Å². The smallest absolute Gasteiger partial charge is 0.248 e. The molecular weight excluding hydrogens is 425 g/mol. The summed E-state index contributed by atoms with van der Waals surface area (Å²) in [5, 5.41) is 2.68. The summed E-state index contributed by atoms with van der Waals surface area (Å²) in [6.45, 7) is 0. The molecule has 166 valence electrons. The zero-order valence-corrected chi connectivity index (χ0v) is 17.5. The molecule has 4 rings (SSSR count). The molecule has 8 heteroatoms. The highest BCUT2D eigenvalue weighted by Gasteiger charge is 2.27. The van der Waals surface area contributed by atoms with Gasteiger partial charge in [-0.2, -0.15) is 0 Å². The van der Waals surface area contributed by atoms with Crippen molar-refractivity contribution in [2.75, 3.05) is 10.2 Å². The molecule has 2 aromatic carbocycles. The maximum atomic E-state index is 14.3. The summed E-state index contributed by atoms with van der Waals surface area (Å²) in [6, 6.07) is 14.1. The number of hydrogen-bond donors (Lipinski definition) is 1. The maximum absolute atomic E-state index is 14.3. The molecule has 1 saturated heterocycles. The number of pyridine rings is 1. The molecule has 0 atom stereocenters. The number of carbonyl (C=O) groups is 3. The van der Waals surface area contributed by atoms with Gasteiger partial charge in [0, 0.05) is 30.8 Å². The highest BCUT2D eigenvalue weighted by atomic mass is 19.1. The number of ether oxygens (including phenoxy) is 1. The first-order valence-corrected chi connectivity index (χ1v) is 10.3. The Morgan fingerprint density at radius 1 is 1.06 bits per heavy atom. The lowest BCUT2D eigenvalue weighted by Crippen LogP contribution is -2.40. The SMILES string of the molecule is O=C(/C=C/c1ccc(Oc2cccnc2)c(F)c1)Nc1ccc(N2C(=O)CCCC2=O)cc1. The molecule has 1 aliphatic heterocycles. The van der Waals surface area contributed by atoms with Crippen LogP contribution in [0.4, 0.5) is 15.8 Å². The minimum absolute atomic E-state index is 0.0513. The Balaban J connectivity index is 1.36. The molecule has 3 amide bonds. The first-order valence-electron chi connectivity index (χ1n) is 10.3. The maximum Gasteiger partial charge on any atom is 0.248 e. The van der Waals surface area contributed by atoms with E-state index in [9.17, 15) is 18.8 Å². The molecule has 1 aromatic heterocycles. The highest BCUT2D eigenvalue weighted by molar-refractivity contribution is 6.16. The predicted molar refractivity (Wildman–Crippen MR) is 121 cm³/mol. The lowest BCUT2D eigenvalue weighted by atomic mass is 10.1. The Kier molecular flexibility index (Phi) is 6.54. The van der Waals surface area contributed by atoms with Crippen molar-refractivity contribution in [2.45, 2.75) is 19.3 Å². The molecule has 2 heterocycles. The molecule has 1 fully saturated rings. The molecule has 33 heavy (non-hydrogen) atoms. The second kappa shape index (κ2) is 9.86. The van der Waals surface area contributed by atoms with Crippen molar-refractivity contribution in [1.29, 1.82) is 0 Å². The zero-order chi connectivity index (χ0) is 23.2. The number of anilines is 2. The molecule has 1 aliphatic rings. The summed E-state index contributed by atoms with van der Waals surface area (Å²) in [4.78, 5) is 41.3. The van der Waals surface area contributed by atoms with Crippen LogP contribution in [0.15, 0.2) is 73.1 Å². The number of benzene rings is 2. The van der Waals surface area contributed by atoms with Crippen LogP contribution in [0.2, 0.25) is 0 Å². The fourth-order valence-electron chi connectivity index (χ4n) is 3.33. The summed E-state index contributed by atoms with van der Waals surface area (Å²) < 4.78 is 19.8. The zero-order valence-electron chi connectivity index (χ0n) is 17.5. The average molecular weight is 445 g/mol. The third kappa shape index (κ3) is 5.48. The third-order valence-corrected chi connectivity index (χ3v) is 4.92. The van der Waals surface area contributed by atoms with Gasteiger partial charge < -0.3 is 10.1 Å². The van der Waals surface area contributed by atoms with Crippen LogP contribution < -0.4 is 15.0 Å². The van der Waals surface area contributed by atoms with Gasteiger partial charge in [0.15, 0.2) is 11.6 Å². The topological polar surface area (TPSA) is 88.6 Å². The fraction of sp³-hybridized carbons (Fsp3) is 0.120. The quantitative estimate of drug-likeness (QED) is 0.439. The van der Waals surface area contributed by atoms with Gasteiger partial charge in [-0.25, -0.2) is 4.39 Å².